The summed E-state index contributed by atoms with van der Waals surface area (Å²) in [7, 11) is 1.45. The number of aromatic hydroxyl groups is 1. The van der Waals surface area contributed by atoms with Gasteiger partial charge in [0.25, 0.3) is 5.91 Å². The van der Waals surface area contributed by atoms with Gasteiger partial charge in [0.15, 0.2) is 0 Å². The van der Waals surface area contributed by atoms with Gasteiger partial charge in [-0.25, -0.2) is 4.39 Å². The normalized spacial score (nSPS) is 10.2. The second kappa shape index (κ2) is 8.21. The number of phenolic OH excluding ortho intramolecular Hbond substituents is 1. The number of amides is 1. The summed E-state index contributed by atoms with van der Waals surface area (Å²) in [5.74, 6) is -2.26. The lowest BCUT2D eigenvalue weighted by atomic mass is 10.1. The largest absolute Gasteiger partial charge is 0.507 e. The third-order valence-electron chi connectivity index (χ3n) is 2.67. The summed E-state index contributed by atoms with van der Waals surface area (Å²) in [4.78, 5) is 24.9. The summed E-state index contributed by atoms with van der Waals surface area (Å²) in [6.45, 7) is 1.85. The zero-order valence-electron chi connectivity index (χ0n) is 12.0. The number of carbonyl (C=O) groups is 2. The average molecular weight is 299 g/mol. The molecule has 1 N–H and O–H groups in total. The molecule has 21 heavy (non-hydrogen) atoms. The zero-order valence-corrected chi connectivity index (χ0v) is 12.0. The van der Waals surface area contributed by atoms with Crippen LogP contribution in [0.3, 0.4) is 0 Å². The molecular weight excluding hydrogens is 281 g/mol. The first-order chi connectivity index (χ1) is 9.99. The van der Waals surface area contributed by atoms with Crippen LogP contribution >= 0.6 is 0 Å². The van der Waals surface area contributed by atoms with E-state index in [1.165, 1.54) is 7.11 Å². The zero-order chi connectivity index (χ0) is 15.8. The molecule has 0 unspecified atom stereocenters. The van der Waals surface area contributed by atoms with Crippen molar-refractivity contribution in [1.29, 1.82) is 0 Å². The van der Waals surface area contributed by atoms with Gasteiger partial charge in [-0.1, -0.05) is 0 Å². The van der Waals surface area contributed by atoms with E-state index >= 15 is 0 Å². The van der Waals surface area contributed by atoms with E-state index < -0.39 is 17.7 Å². The van der Waals surface area contributed by atoms with E-state index in [1.807, 2.05) is 0 Å². The minimum absolute atomic E-state index is 0.115. The molecule has 0 heterocycles. The summed E-state index contributed by atoms with van der Waals surface area (Å²) in [5.41, 5.74) is -0.213. The molecule has 1 aromatic rings. The number of phenols is 1. The van der Waals surface area contributed by atoms with Crippen LogP contribution in [0.2, 0.25) is 0 Å². The van der Waals surface area contributed by atoms with Crippen molar-refractivity contribution in [2.75, 3.05) is 33.4 Å². The van der Waals surface area contributed by atoms with Crippen LogP contribution in [0.4, 0.5) is 4.39 Å². The Morgan fingerprint density at radius 3 is 2.71 bits per heavy atom. The van der Waals surface area contributed by atoms with Crippen LogP contribution < -0.4 is 0 Å². The molecule has 0 aliphatic rings. The summed E-state index contributed by atoms with van der Waals surface area (Å²) in [6, 6.07) is 3.04. The van der Waals surface area contributed by atoms with Gasteiger partial charge in [0.1, 0.15) is 18.1 Å². The van der Waals surface area contributed by atoms with Crippen molar-refractivity contribution in [3.63, 3.8) is 0 Å². The highest BCUT2D eigenvalue weighted by molar-refractivity contribution is 5.98. The van der Waals surface area contributed by atoms with Gasteiger partial charge in [-0.15, -0.1) is 0 Å². The maximum absolute atomic E-state index is 13.2. The smallest absolute Gasteiger partial charge is 0.325 e. The van der Waals surface area contributed by atoms with Gasteiger partial charge in [-0.05, 0) is 25.1 Å². The lowest BCUT2D eigenvalue weighted by Gasteiger charge is -2.21. The molecule has 0 spiro atoms. The number of halogens is 1. The summed E-state index contributed by atoms with van der Waals surface area (Å²) in [6.07, 6.45) is 0. The number of ether oxygens (including phenoxy) is 2. The second-order valence-electron chi connectivity index (χ2n) is 4.19. The second-order valence-corrected chi connectivity index (χ2v) is 4.19. The highest BCUT2D eigenvalue weighted by Crippen LogP contribution is 2.19. The monoisotopic (exact) mass is 299 g/mol. The number of esters is 1. The Morgan fingerprint density at radius 1 is 1.38 bits per heavy atom. The number of hydrogen-bond acceptors (Lipinski definition) is 5. The molecule has 0 fully saturated rings. The summed E-state index contributed by atoms with van der Waals surface area (Å²) in [5, 5.41) is 9.66. The molecule has 0 aliphatic carbocycles. The van der Waals surface area contributed by atoms with Crippen LogP contribution in [0.15, 0.2) is 18.2 Å². The molecule has 116 valence electrons. The molecule has 6 nitrogen and oxygen atoms in total. The molecule has 0 aliphatic heterocycles. The van der Waals surface area contributed by atoms with Crippen molar-refractivity contribution in [2.24, 2.45) is 0 Å². The van der Waals surface area contributed by atoms with Crippen LogP contribution in [-0.2, 0) is 14.3 Å². The van der Waals surface area contributed by atoms with Crippen molar-refractivity contribution in [2.45, 2.75) is 6.92 Å². The van der Waals surface area contributed by atoms with Crippen molar-refractivity contribution in [3.05, 3.63) is 29.6 Å². The molecule has 1 amide bonds. The van der Waals surface area contributed by atoms with E-state index in [9.17, 15) is 19.1 Å². The molecule has 0 radical (unpaired) electrons. The minimum Gasteiger partial charge on any atom is -0.507 e. The number of rotatable bonds is 7. The fraction of sp³-hybridized carbons (Fsp3) is 0.429. The molecule has 1 aromatic carbocycles. The molecule has 0 saturated heterocycles. The van der Waals surface area contributed by atoms with E-state index in [1.54, 1.807) is 6.92 Å². The van der Waals surface area contributed by atoms with E-state index in [0.717, 1.165) is 23.1 Å². The Labute approximate surface area is 122 Å². The number of nitrogens with zero attached hydrogens (tertiary/aromatic N) is 1. The highest BCUT2D eigenvalue weighted by Gasteiger charge is 2.22. The van der Waals surface area contributed by atoms with Gasteiger partial charge in [-0.3, -0.25) is 9.59 Å². The predicted molar refractivity (Wildman–Crippen MR) is 72.5 cm³/mol. The van der Waals surface area contributed by atoms with Gasteiger partial charge in [0.2, 0.25) is 0 Å². The fourth-order valence-electron chi connectivity index (χ4n) is 1.67. The standard InChI is InChI=1S/C14H18FNO5/c1-3-21-13(18)9-16(6-7-20-2)14(19)11-8-10(15)4-5-12(11)17/h4-5,8,17H,3,6-7,9H2,1-2H3. The van der Waals surface area contributed by atoms with Crippen LogP contribution in [0.25, 0.3) is 0 Å². The van der Waals surface area contributed by atoms with E-state index in [4.69, 9.17) is 9.47 Å². The summed E-state index contributed by atoms with van der Waals surface area (Å²) < 4.78 is 22.9. The van der Waals surface area contributed by atoms with Gasteiger partial charge >= 0.3 is 5.97 Å². The third kappa shape index (κ3) is 5.03. The first-order valence-corrected chi connectivity index (χ1v) is 6.42. The molecule has 0 atom stereocenters. The SMILES string of the molecule is CCOC(=O)CN(CCOC)C(=O)c1cc(F)ccc1O. The third-order valence-corrected chi connectivity index (χ3v) is 2.67. The number of methoxy groups -OCH3 is 1. The Morgan fingerprint density at radius 2 is 2.10 bits per heavy atom. The minimum atomic E-state index is -0.669. The molecule has 7 heteroatoms. The van der Waals surface area contributed by atoms with Gasteiger partial charge in [0, 0.05) is 13.7 Å². The van der Waals surface area contributed by atoms with Crippen molar-refractivity contribution in [3.8, 4) is 5.75 Å². The molecule has 0 bridgehead atoms. The van der Waals surface area contributed by atoms with Crippen molar-refractivity contribution in [1.82, 2.24) is 4.90 Å². The Bertz CT molecular complexity index is 506. The average Bonchev–Trinajstić information content (AvgIpc) is 2.45. The predicted octanol–water partition coefficient (Wildman–Crippen LogP) is 1.18. The number of carbonyl (C=O) groups excluding carboxylic acids is 2. The molecule has 0 aromatic heterocycles. The fourth-order valence-corrected chi connectivity index (χ4v) is 1.67. The maximum atomic E-state index is 13.2. The lowest BCUT2D eigenvalue weighted by molar-refractivity contribution is -0.143. The molecule has 0 saturated carbocycles. The Hall–Kier alpha value is -2.15. The van der Waals surface area contributed by atoms with Crippen LogP contribution in [0.5, 0.6) is 5.75 Å². The summed E-state index contributed by atoms with van der Waals surface area (Å²) >= 11 is 0. The first-order valence-electron chi connectivity index (χ1n) is 6.42. The number of benzene rings is 1. The van der Waals surface area contributed by atoms with Gasteiger partial charge in [0.05, 0.1) is 18.8 Å². The van der Waals surface area contributed by atoms with E-state index in [0.29, 0.717) is 0 Å². The highest BCUT2D eigenvalue weighted by atomic mass is 19.1. The van der Waals surface area contributed by atoms with Gasteiger partial charge < -0.3 is 19.5 Å². The van der Waals surface area contributed by atoms with Crippen molar-refractivity contribution >= 4 is 11.9 Å². The molecular formula is C14H18FNO5. The number of hydrogen-bond donors (Lipinski definition) is 1. The van der Waals surface area contributed by atoms with E-state index in [2.05, 4.69) is 0 Å². The maximum Gasteiger partial charge on any atom is 0.325 e. The van der Waals surface area contributed by atoms with Crippen LogP contribution in [0, 0.1) is 5.82 Å². The van der Waals surface area contributed by atoms with Crippen LogP contribution in [0.1, 0.15) is 17.3 Å². The molecule has 1 rings (SSSR count). The lowest BCUT2D eigenvalue weighted by Crippen LogP contribution is -2.38. The van der Waals surface area contributed by atoms with E-state index in [-0.39, 0.29) is 37.6 Å². The van der Waals surface area contributed by atoms with Crippen molar-refractivity contribution < 1.29 is 28.6 Å². The first kappa shape index (κ1) is 16.9. The van der Waals surface area contributed by atoms with Gasteiger partial charge in [-0.2, -0.15) is 0 Å². The Kier molecular flexibility index (Phi) is 6.61. The van der Waals surface area contributed by atoms with Crippen LogP contribution in [-0.4, -0.2) is 55.3 Å². The Balaban J connectivity index is 2.92. The topological polar surface area (TPSA) is 76.1 Å². The quantitative estimate of drug-likeness (QED) is 0.765.